The van der Waals surface area contributed by atoms with Crippen LogP contribution in [0.3, 0.4) is 0 Å². The van der Waals surface area contributed by atoms with E-state index in [4.69, 9.17) is 10.9 Å². The Morgan fingerprint density at radius 3 is 2.95 bits per heavy atom. The summed E-state index contributed by atoms with van der Waals surface area (Å²) in [5.74, 6) is 0.00922. The number of aryl methyl sites for hydroxylation is 1. The fourth-order valence-electron chi connectivity index (χ4n) is 1.80. The number of hydrogen-bond donors (Lipinski definition) is 3. The number of rotatable bonds is 5. The van der Waals surface area contributed by atoms with Crippen LogP contribution in [0.4, 0.5) is 0 Å². The molecule has 2 aromatic heterocycles. The summed E-state index contributed by atoms with van der Waals surface area (Å²) in [6, 6.07) is 5.66. The van der Waals surface area contributed by atoms with Crippen molar-refractivity contribution >= 4 is 5.84 Å². The summed E-state index contributed by atoms with van der Waals surface area (Å²) < 4.78 is 0. The van der Waals surface area contributed by atoms with Crippen molar-refractivity contribution in [2.45, 2.75) is 20.0 Å². The Bertz CT molecular complexity index is 612. The lowest BCUT2D eigenvalue weighted by atomic mass is 10.1. The van der Waals surface area contributed by atoms with Crippen LogP contribution >= 0.6 is 0 Å². The van der Waals surface area contributed by atoms with Crippen molar-refractivity contribution in [3.05, 3.63) is 59.2 Å². The van der Waals surface area contributed by atoms with Gasteiger partial charge < -0.3 is 16.3 Å². The summed E-state index contributed by atoms with van der Waals surface area (Å²) in [5.41, 5.74) is 9.36. The first kappa shape index (κ1) is 14.0. The largest absolute Gasteiger partial charge is 0.409 e. The van der Waals surface area contributed by atoms with Crippen molar-refractivity contribution in [3.8, 4) is 0 Å². The maximum atomic E-state index is 8.63. The van der Waals surface area contributed by atoms with Crippen molar-refractivity contribution in [1.82, 2.24) is 15.3 Å². The molecule has 0 amide bonds. The molecule has 0 aromatic carbocycles. The molecule has 0 atom stereocenters. The van der Waals surface area contributed by atoms with Gasteiger partial charge >= 0.3 is 0 Å². The minimum Gasteiger partial charge on any atom is -0.409 e. The van der Waals surface area contributed by atoms with E-state index < -0.39 is 0 Å². The molecule has 6 heteroatoms. The summed E-state index contributed by atoms with van der Waals surface area (Å²) in [7, 11) is 0. The lowest BCUT2D eigenvalue weighted by Gasteiger charge is -2.08. The Hall–Kier alpha value is -2.47. The molecule has 0 unspecified atom stereocenters. The summed E-state index contributed by atoms with van der Waals surface area (Å²) in [6.07, 6.45) is 5.28. The maximum Gasteiger partial charge on any atom is 0.188 e. The number of nitrogens with one attached hydrogen (secondary N) is 1. The maximum absolute atomic E-state index is 8.63. The van der Waals surface area contributed by atoms with Crippen LogP contribution in [0.5, 0.6) is 0 Å². The first-order valence-corrected chi connectivity index (χ1v) is 6.23. The number of hydrogen-bond acceptors (Lipinski definition) is 5. The van der Waals surface area contributed by atoms with Crippen LogP contribution in [0.1, 0.15) is 22.4 Å². The van der Waals surface area contributed by atoms with Gasteiger partial charge in [-0.3, -0.25) is 9.97 Å². The zero-order chi connectivity index (χ0) is 14.4. The van der Waals surface area contributed by atoms with Gasteiger partial charge in [-0.1, -0.05) is 5.16 Å². The quantitative estimate of drug-likeness (QED) is 0.328. The van der Waals surface area contributed by atoms with Gasteiger partial charge in [-0.05, 0) is 41.8 Å². The molecule has 2 aromatic rings. The minimum absolute atomic E-state index is 0.00922. The van der Waals surface area contributed by atoms with Gasteiger partial charge in [-0.25, -0.2) is 0 Å². The second-order valence-electron chi connectivity index (χ2n) is 4.44. The molecule has 0 spiro atoms. The highest BCUT2D eigenvalue weighted by Crippen LogP contribution is 2.06. The molecular formula is C14H17N5O. The molecule has 0 fully saturated rings. The average molecular weight is 271 g/mol. The lowest BCUT2D eigenvalue weighted by Crippen LogP contribution is -2.17. The summed E-state index contributed by atoms with van der Waals surface area (Å²) >= 11 is 0. The number of nitrogens with zero attached hydrogens (tertiary/aromatic N) is 3. The molecule has 6 nitrogen and oxygen atoms in total. The van der Waals surface area contributed by atoms with Gasteiger partial charge in [0.15, 0.2) is 5.84 Å². The van der Waals surface area contributed by atoms with E-state index in [0.717, 1.165) is 12.1 Å². The smallest absolute Gasteiger partial charge is 0.188 e. The van der Waals surface area contributed by atoms with Crippen LogP contribution in [0.2, 0.25) is 0 Å². The van der Waals surface area contributed by atoms with Crippen LogP contribution in [0.15, 0.2) is 41.9 Å². The van der Waals surface area contributed by atoms with Crippen LogP contribution in [0, 0.1) is 6.92 Å². The standard InChI is InChI=1S/C14H17N5O/c1-10-2-4-16-8-12(10)9-17-7-11-3-5-18-13(6-11)14(15)19-20/h2-6,8,17,20H,7,9H2,1H3,(H2,15,19). The molecule has 0 aliphatic heterocycles. The third kappa shape index (κ3) is 3.52. The second kappa shape index (κ2) is 6.63. The first-order chi connectivity index (χ1) is 9.70. The molecule has 2 rings (SSSR count). The summed E-state index contributed by atoms with van der Waals surface area (Å²) in [5, 5.41) is 14.9. The highest BCUT2D eigenvalue weighted by atomic mass is 16.4. The van der Waals surface area contributed by atoms with Gasteiger partial charge in [0.1, 0.15) is 5.69 Å². The van der Waals surface area contributed by atoms with Crippen molar-refractivity contribution in [1.29, 1.82) is 0 Å². The Balaban J connectivity index is 1.96. The SMILES string of the molecule is Cc1ccncc1CNCc1ccnc(/C(N)=N/O)c1. The molecule has 104 valence electrons. The van der Waals surface area contributed by atoms with E-state index in [1.54, 1.807) is 18.5 Å². The fraction of sp³-hybridized carbons (Fsp3) is 0.214. The van der Waals surface area contributed by atoms with Crippen LogP contribution < -0.4 is 11.1 Å². The zero-order valence-corrected chi connectivity index (χ0v) is 11.2. The van der Waals surface area contributed by atoms with E-state index >= 15 is 0 Å². The topological polar surface area (TPSA) is 96.4 Å². The number of amidine groups is 1. The van der Waals surface area contributed by atoms with Crippen molar-refractivity contribution in [3.63, 3.8) is 0 Å². The zero-order valence-electron chi connectivity index (χ0n) is 11.2. The Morgan fingerprint density at radius 2 is 2.20 bits per heavy atom. The Morgan fingerprint density at radius 1 is 1.35 bits per heavy atom. The Kier molecular flexibility index (Phi) is 4.62. The molecule has 2 heterocycles. The van der Waals surface area contributed by atoms with E-state index in [1.165, 1.54) is 11.1 Å². The van der Waals surface area contributed by atoms with Crippen LogP contribution in [-0.4, -0.2) is 21.0 Å². The molecule has 20 heavy (non-hydrogen) atoms. The van der Waals surface area contributed by atoms with Crippen LogP contribution in [0.25, 0.3) is 0 Å². The van der Waals surface area contributed by atoms with Gasteiger partial charge in [0, 0.05) is 31.7 Å². The molecule has 0 saturated heterocycles. The molecule has 0 bridgehead atoms. The van der Waals surface area contributed by atoms with Crippen LogP contribution in [-0.2, 0) is 13.1 Å². The van der Waals surface area contributed by atoms with Gasteiger partial charge in [0.25, 0.3) is 0 Å². The number of aromatic nitrogens is 2. The molecule has 4 N–H and O–H groups in total. The lowest BCUT2D eigenvalue weighted by molar-refractivity contribution is 0.318. The average Bonchev–Trinajstić information content (AvgIpc) is 2.49. The predicted octanol–water partition coefficient (Wildman–Crippen LogP) is 1.17. The van der Waals surface area contributed by atoms with Crippen molar-refractivity contribution in [2.24, 2.45) is 10.9 Å². The van der Waals surface area contributed by atoms with E-state index in [9.17, 15) is 0 Å². The van der Waals surface area contributed by atoms with Crippen molar-refractivity contribution < 1.29 is 5.21 Å². The molecule has 0 radical (unpaired) electrons. The van der Waals surface area contributed by atoms with E-state index in [2.05, 4.69) is 27.4 Å². The monoisotopic (exact) mass is 271 g/mol. The first-order valence-electron chi connectivity index (χ1n) is 6.23. The van der Waals surface area contributed by atoms with Gasteiger partial charge in [0.05, 0.1) is 0 Å². The molecular weight excluding hydrogens is 254 g/mol. The van der Waals surface area contributed by atoms with Gasteiger partial charge in [-0.15, -0.1) is 0 Å². The third-order valence-corrected chi connectivity index (χ3v) is 2.99. The third-order valence-electron chi connectivity index (χ3n) is 2.99. The van der Waals surface area contributed by atoms with Crippen molar-refractivity contribution in [2.75, 3.05) is 0 Å². The molecule has 0 aliphatic carbocycles. The number of nitrogens with two attached hydrogens (primary N) is 1. The highest BCUT2D eigenvalue weighted by molar-refractivity contribution is 5.95. The summed E-state index contributed by atoms with van der Waals surface area (Å²) in [4.78, 5) is 8.15. The van der Waals surface area contributed by atoms with E-state index in [1.807, 2.05) is 18.3 Å². The predicted molar refractivity (Wildman–Crippen MR) is 76.3 cm³/mol. The minimum atomic E-state index is 0.00922. The number of pyridine rings is 2. The Labute approximate surface area is 117 Å². The van der Waals surface area contributed by atoms with E-state index in [0.29, 0.717) is 12.2 Å². The number of oxime groups is 1. The van der Waals surface area contributed by atoms with Gasteiger partial charge in [0.2, 0.25) is 0 Å². The highest BCUT2D eigenvalue weighted by Gasteiger charge is 2.03. The normalized spacial score (nSPS) is 11.6. The van der Waals surface area contributed by atoms with E-state index in [-0.39, 0.29) is 5.84 Å². The van der Waals surface area contributed by atoms with Gasteiger partial charge in [-0.2, -0.15) is 0 Å². The molecule has 0 saturated carbocycles. The fourth-order valence-corrected chi connectivity index (χ4v) is 1.80. The summed E-state index contributed by atoms with van der Waals surface area (Å²) in [6.45, 7) is 3.46. The molecule has 0 aliphatic rings. The second-order valence-corrected chi connectivity index (χ2v) is 4.44.